The van der Waals surface area contributed by atoms with Gasteiger partial charge in [-0.05, 0) is 63.2 Å². The first-order valence-electron chi connectivity index (χ1n) is 11.5. The normalized spacial score (nSPS) is 36.7. The minimum Gasteiger partial charge on any atom is -0.504 e. The average molecular weight is 431 g/mol. The summed E-state index contributed by atoms with van der Waals surface area (Å²) in [6.45, 7) is 5.01. The average Bonchev–Trinajstić information content (AvgIpc) is 3.08. The fraction of sp³-hybridized carbons (Fsp3) is 0.708. The number of carboxylic acid groups (broad SMARTS) is 1. The number of hydrogen-bond donors (Lipinski definition) is 3. The predicted octanol–water partition coefficient (Wildman–Crippen LogP) is 2.29. The monoisotopic (exact) mass is 430 g/mol. The number of ether oxygens (including phenoxy) is 2. The van der Waals surface area contributed by atoms with Crippen LogP contribution in [0.25, 0.3) is 0 Å². The highest BCUT2D eigenvalue weighted by molar-refractivity contribution is 5.73. The number of likely N-dealkylation sites (N-methyl/N-ethyl adjacent to an activating group) is 1. The lowest BCUT2D eigenvalue weighted by Crippen LogP contribution is -2.78. The number of benzene rings is 1. The van der Waals surface area contributed by atoms with E-state index in [1.807, 2.05) is 27.0 Å². The standard InChI is InChI=1S/C24H34N2O5/c1-13(2)11-16(22(28)29)25-15-7-8-24(30-4)18-12-14-5-6-17(27)20-19(14)23(24,21(15)31-20)9-10-26(18)3/h5-6,13,15-16,18,21,25,27H,7-12H2,1-4H3,(H,28,29)/t15-,16-,18?,21-,23?,24+/m0/s1. The summed E-state index contributed by atoms with van der Waals surface area (Å²) in [7, 11) is 3.98. The molecule has 2 heterocycles. The first-order valence-corrected chi connectivity index (χ1v) is 11.5. The fourth-order valence-corrected chi connectivity index (χ4v) is 7.28. The highest BCUT2D eigenvalue weighted by Crippen LogP contribution is 2.66. The molecule has 7 heteroatoms. The van der Waals surface area contributed by atoms with E-state index in [4.69, 9.17) is 9.47 Å². The number of phenols is 1. The summed E-state index contributed by atoms with van der Waals surface area (Å²) < 4.78 is 13.0. The summed E-state index contributed by atoms with van der Waals surface area (Å²) in [5, 5.41) is 24.0. The second-order valence-electron chi connectivity index (χ2n) is 10.3. The summed E-state index contributed by atoms with van der Waals surface area (Å²) in [6.07, 6.45) is 3.63. The molecule has 0 aromatic heterocycles. The van der Waals surface area contributed by atoms with Crippen LogP contribution in [-0.4, -0.2) is 71.6 Å². The van der Waals surface area contributed by atoms with E-state index in [9.17, 15) is 15.0 Å². The van der Waals surface area contributed by atoms with Crippen LogP contribution in [0.15, 0.2) is 12.1 Å². The highest BCUT2D eigenvalue weighted by Gasteiger charge is 2.73. The van der Waals surface area contributed by atoms with Gasteiger partial charge in [-0.1, -0.05) is 19.9 Å². The van der Waals surface area contributed by atoms with E-state index in [0.29, 0.717) is 12.2 Å². The van der Waals surface area contributed by atoms with Crippen LogP contribution in [0.3, 0.4) is 0 Å². The van der Waals surface area contributed by atoms with Crippen LogP contribution in [0.4, 0.5) is 0 Å². The third-order valence-corrected chi connectivity index (χ3v) is 8.47. The van der Waals surface area contributed by atoms with Crippen LogP contribution < -0.4 is 10.1 Å². The number of carboxylic acids is 1. The molecular formula is C24H34N2O5. The first-order chi connectivity index (χ1) is 14.7. The van der Waals surface area contributed by atoms with Crippen LogP contribution >= 0.6 is 0 Å². The van der Waals surface area contributed by atoms with Crippen molar-refractivity contribution in [3.8, 4) is 11.5 Å². The Bertz CT molecular complexity index is 904. The van der Waals surface area contributed by atoms with Gasteiger partial charge in [0, 0.05) is 24.8 Å². The predicted molar refractivity (Wildman–Crippen MR) is 116 cm³/mol. The van der Waals surface area contributed by atoms with Gasteiger partial charge in [-0.2, -0.15) is 0 Å². The minimum atomic E-state index is -0.821. The number of rotatable bonds is 6. The molecule has 3 N–H and O–H groups in total. The smallest absolute Gasteiger partial charge is 0.320 e. The molecule has 2 unspecified atom stereocenters. The lowest BCUT2D eigenvalue weighted by atomic mass is 9.48. The number of carbonyl (C=O) groups is 1. The zero-order valence-electron chi connectivity index (χ0n) is 18.9. The Kier molecular flexibility index (Phi) is 4.81. The van der Waals surface area contributed by atoms with Crippen LogP contribution in [0.5, 0.6) is 11.5 Å². The maximum absolute atomic E-state index is 12.0. The van der Waals surface area contributed by atoms with Gasteiger partial charge in [0.25, 0.3) is 0 Å². The maximum atomic E-state index is 12.0. The summed E-state index contributed by atoms with van der Waals surface area (Å²) in [5.41, 5.74) is 1.52. The van der Waals surface area contributed by atoms with Crippen molar-refractivity contribution in [2.75, 3.05) is 20.7 Å². The van der Waals surface area contributed by atoms with E-state index in [0.717, 1.165) is 37.8 Å². The summed E-state index contributed by atoms with van der Waals surface area (Å²) in [6, 6.07) is 3.25. The molecule has 2 aliphatic heterocycles. The molecule has 2 aliphatic carbocycles. The summed E-state index contributed by atoms with van der Waals surface area (Å²) >= 11 is 0. The molecule has 170 valence electrons. The van der Waals surface area contributed by atoms with Gasteiger partial charge in [0.1, 0.15) is 12.1 Å². The van der Waals surface area contributed by atoms with Crippen molar-refractivity contribution < 1.29 is 24.5 Å². The Morgan fingerprint density at radius 1 is 1.39 bits per heavy atom. The summed E-state index contributed by atoms with van der Waals surface area (Å²) in [5.74, 6) is 0.198. The lowest BCUT2D eigenvalue weighted by molar-refractivity contribution is -0.204. The van der Waals surface area contributed by atoms with E-state index in [1.54, 1.807) is 6.07 Å². The zero-order valence-corrected chi connectivity index (χ0v) is 18.9. The number of phenolic OH excluding ortho intramolecular Hbond substituents is 1. The number of aromatic hydroxyl groups is 1. The van der Waals surface area contributed by atoms with Crippen LogP contribution in [-0.2, 0) is 21.4 Å². The van der Waals surface area contributed by atoms with Crippen molar-refractivity contribution in [2.24, 2.45) is 5.92 Å². The van der Waals surface area contributed by atoms with Gasteiger partial charge >= 0.3 is 5.97 Å². The Morgan fingerprint density at radius 3 is 2.84 bits per heavy atom. The molecule has 5 rings (SSSR count). The van der Waals surface area contributed by atoms with Gasteiger partial charge in [-0.3, -0.25) is 10.1 Å². The Labute approximate surface area is 183 Å². The number of aliphatic carboxylic acids is 1. The van der Waals surface area contributed by atoms with Crippen LogP contribution in [0, 0.1) is 5.92 Å². The molecule has 6 atom stereocenters. The van der Waals surface area contributed by atoms with Gasteiger partial charge < -0.3 is 24.6 Å². The molecule has 31 heavy (non-hydrogen) atoms. The lowest BCUT2D eigenvalue weighted by Gasteiger charge is -2.65. The first kappa shape index (κ1) is 21.0. The molecule has 1 spiro atoms. The van der Waals surface area contributed by atoms with E-state index in [2.05, 4.69) is 17.3 Å². The molecule has 7 nitrogen and oxygen atoms in total. The maximum Gasteiger partial charge on any atom is 0.320 e. The van der Waals surface area contributed by atoms with Crippen molar-refractivity contribution in [3.63, 3.8) is 0 Å². The number of likely N-dealkylation sites (tertiary alicyclic amines) is 1. The fourth-order valence-electron chi connectivity index (χ4n) is 7.28. The SMILES string of the molecule is CO[C@@]12CC[C@H](N[C@@H](CC(C)C)C(=O)O)[C@@H]3Oc4c(O)ccc5c4C31CCN(C)C2C5. The van der Waals surface area contributed by atoms with E-state index in [-0.39, 0.29) is 29.9 Å². The molecule has 2 fully saturated rings. The largest absolute Gasteiger partial charge is 0.504 e. The molecular weight excluding hydrogens is 396 g/mol. The van der Waals surface area contributed by atoms with Crippen molar-refractivity contribution in [2.45, 2.75) is 81.2 Å². The van der Waals surface area contributed by atoms with Crippen molar-refractivity contribution in [1.82, 2.24) is 10.2 Å². The van der Waals surface area contributed by atoms with Gasteiger partial charge in [0.2, 0.25) is 0 Å². The number of nitrogens with zero attached hydrogens (tertiary/aromatic N) is 1. The molecule has 0 amide bonds. The molecule has 0 radical (unpaired) electrons. The number of piperidine rings is 1. The third kappa shape index (κ3) is 2.66. The van der Waals surface area contributed by atoms with E-state index >= 15 is 0 Å². The Morgan fingerprint density at radius 2 is 2.16 bits per heavy atom. The molecule has 1 aromatic carbocycles. The second kappa shape index (κ2) is 7.09. The third-order valence-electron chi connectivity index (χ3n) is 8.47. The quantitative estimate of drug-likeness (QED) is 0.638. The molecule has 2 bridgehead atoms. The topological polar surface area (TPSA) is 91.3 Å². The second-order valence-corrected chi connectivity index (χ2v) is 10.3. The highest BCUT2D eigenvalue weighted by atomic mass is 16.5. The minimum absolute atomic E-state index is 0.120. The Hall–Kier alpha value is -1.83. The van der Waals surface area contributed by atoms with Crippen LogP contribution in [0.1, 0.15) is 50.7 Å². The molecule has 1 aromatic rings. The van der Waals surface area contributed by atoms with Crippen molar-refractivity contribution in [3.05, 3.63) is 23.3 Å². The van der Waals surface area contributed by atoms with Crippen molar-refractivity contribution in [1.29, 1.82) is 0 Å². The van der Waals surface area contributed by atoms with Crippen molar-refractivity contribution >= 4 is 5.97 Å². The van der Waals surface area contributed by atoms with Crippen LogP contribution in [0.2, 0.25) is 0 Å². The molecule has 1 saturated heterocycles. The molecule has 4 aliphatic rings. The number of methoxy groups -OCH3 is 1. The van der Waals surface area contributed by atoms with E-state index < -0.39 is 23.0 Å². The van der Waals surface area contributed by atoms with E-state index in [1.165, 1.54) is 5.56 Å². The number of nitrogens with one attached hydrogen (secondary N) is 1. The van der Waals surface area contributed by atoms with Gasteiger partial charge in [0.05, 0.1) is 11.0 Å². The number of hydrogen-bond acceptors (Lipinski definition) is 6. The van der Waals surface area contributed by atoms with Gasteiger partial charge in [-0.25, -0.2) is 0 Å². The van der Waals surface area contributed by atoms with Gasteiger partial charge in [0.15, 0.2) is 11.5 Å². The Balaban J connectivity index is 1.62. The summed E-state index contributed by atoms with van der Waals surface area (Å²) in [4.78, 5) is 14.4. The van der Waals surface area contributed by atoms with Gasteiger partial charge in [-0.15, -0.1) is 0 Å². The zero-order chi connectivity index (χ0) is 22.1. The molecule has 1 saturated carbocycles.